The van der Waals surface area contributed by atoms with Gasteiger partial charge in [0.25, 0.3) is 0 Å². The number of amides is 2. The molecular weight excluding hydrogens is 387 g/mol. The molecule has 144 valence electrons. The smallest absolute Gasteiger partial charge is 1.00 e. The first-order valence-corrected chi connectivity index (χ1v) is 9.20. The first-order valence-electron chi connectivity index (χ1n) is 8.38. The second-order valence-electron chi connectivity index (χ2n) is 6.58. The number of benzene rings is 2. The summed E-state index contributed by atoms with van der Waals surface area (Å²) in [7, 11) is 7.85. The topological polar surface area (TPSA) is 76.1 Å². The van der Waals surface area contributed by atoms with Gasteiger partial charge in [-0.15, -0.1) is 0 Å². The molecule has 3 rings (SSSR count). The first kappa shape index (κ1) is 22.4. The number of nitrogens with one attached hydrogen (secondary N) is 1. The molecule has 2 amide bonds. The Labute approximate surface area is 192 Å². The number of carbonyl (C=O) groups excluding carboxylic acids is 1. The summed E-state index contributed by atoms with van der Waals surface area (Å²) in [5.41, 5.74) is 3.52. The second kappa shape index (κ2) is 9.09. The van der Waals surface area contributed by atoms with E-state index in [2.05, 4.69) is 5.32 Å². The van der Waals surface area contributed by atoms with E-state index in [0.29, 0.717) is 0 Å². The number of carbonyl (C=O) groups is 2. The molecule has 0 saturated carbocycles. The van der Waals surface area contributed by atoms with Crippen LogP contribution in [0.1, 0.15) is 1.43 Å². The molecule has 1 aliphatic rings. The van der Waals surface area contributed by atoms with Crippen molar-refractivity contribution >= 4 is 46.5 Å². The van der Waals surface area contributed by atoms with Crippen molar-refractivity contribution in [3.8, 4) is 0 Å². The van der Waals surface area contributed by atoms with Gasteiger partial charge in [0.15, 0.2) is 0 Å². The van der Waals surface area contributed by atoms with Gasteiger partial charge < -0.3 is 21.6 Å². The zero-order valence-electron chi connectivity index (χ0n) is 17.7. The minimum atomic E-state index is -1.08. The summed E-state index contributed by atoms with van der Waals surface area (Å²) < 4.78 is 0. The van der Waals surface area contributed by atoms with Gasteiger partial charge in [-0.1, -0.05) is 11.8 Å². The molecule has 0 spiro atoms. The summed E-state index contributed by atoms with van der Waals surface area (Å²) in [6, 6.07) is 11.3. The van der Waals surface area contributed by atoms with Crippen LogP contribution in [0.2, 0.25) is 0 Å². The Bertz CT molecular complexity index is 854. The number of urea groups is 1. The van der Waals surface area contributed by atoms with E-state index < -0.39 is 18.5 Å². The molecule has 0 atom stereocenters. The third-order valence-corrected chi connectivity index (χ3v) is 5.31. The number of fused-ring (bicyclic) bond motifs is 2. The van der Waals surface area contributed by atoms with Gasteiger partial charge in [-0.05, 0) is 36.4 Å². The minimum Gasteiger partial charge on any atom is -1.00 e. The van der Waals surface area contributed by atoms with Crippen LogP contribution in [0.4, 0.5) is 27.5 Å². The molecule has 0 saturated heterocycles. The molecule has 0 aliphatic carbocycles. The van der Waals surface area contributed by atoms with Gasteiger partial charge in [0.2, 0.25) is 0 Å². The van der Waals surface area contributed by atoms with Crippen LogP contribution in [-0.2, 0) is 4.79 Å². The van der Waals surface area contributed by atoms with Crippen molar-refractivity contribution in [1.29, 1.82) is 0 Å². The van der Waals surface area contributed by atoms with E-state index >= 15 is 0 Å². The molecule has 0 fully saturated rings. The van der Waals surface area contributed by atoms with Crippen molar-refractivity contribution in [2.24, 2.45) is 0 Å². The van der Waals surface area contributed by atoms with Crippen LogP contribution >= 0.6 is 11.8 Å². The van der Waals surface area contributed by atoms with Crippen molar-refractivity contribution < 1.29 is 45.7 Å². The SMILES string of the molecule is CN(C)c1ccc2c(c1)Sc1cc(N(C)C)ccc1N2C(=O)NCC(=O)O.[H-].[Na+]. The number of carboxylic acids is 1. The van der Waals surface area contributed by atoms with E-state index in [9.17, 15) is 9.59 Å². The number of carboxylic acid groups (broad SMARTS) is 1. The Balaban J connectivity index is 0.00000210. The molecule has 9 heteroatoms. The molecule has 0 unspecified atom stereocenters. The minimum absolute atomic E-state index is 0. The van der Waals surface area contributed by atoms with Gasteiger partial charge >= 0.3 is 41.6 Å². The van der Waals surface area contributed by atoms with Gasteiger partial charge in [0, 0.05) is 49.4 Å². The normalized spacial score (nSPS) is 11.6. The maximum Gasteiger partial charge on any atom is 1.00 e. The van der Waals surface area contributed by atoms with Gasteiger partial charge in [0.1, 0.15) is 6.54 Å². The third-order valence-electron chi connectivity index (χ3n) is 4.22. The first-order chi connectivity index (χ1) is 12.8. The summed E-state index contributed by atoms with van der Waals surface area (Å²) in [6.45, 7) is -0.432. The predicted octanol–water partition coefficient (Wildman–Crippen LogP) is 0.332. The third kappa shape index (κ3) is 4.57. The molecular formula is C19H23N4NaO3S. The number of rotatable bonds is 4. The fourth-order valence-electron chi connectivity index (χ4n) is 2.79. The van der Waals surface area contributed by atoms with Crippen LogP contribution < -0.4 is 49.6 Å². The average molecular weight is 410 g/mol. The summed E-state index contributed by atoms with van der Waals surface area (Å²) in [4.78, 5) is 31.1. The molecule has 1 heterocycles. The zero-order valence-corrected chi connectivity index (χ0v) is 19.5. The fraction of sp³-hybridized carbons (Fsp3) is 0.263. The Morgan fingerprint density at radius 1 is 1.00 bits per heavy atom. The van der Waals surface area contributed by atoms with Gasteiger partial charge in [-0.3, -0.25) is 9.69 Å². The second-order valence-corrected chi connectivity index (χ2v) is 7.67. The van der Waals surface area contributed by atoms with E-state index in [1.54, 1.807) is 16.7 Å². The van der Waals surface area contributed by atoms with E-state index in [4.69, 9.17) is 5.11 Å². The summed E-state index contributed by atoms with van der Waals surface area (Å²) >= 11 is 1.60. The molecule has 28 heavy (non-hydrogen) atoms. The van der Waals surface area contributed by atoms with Crippen molar-refractivity contribution in [2.75, 3.05) is 49.4 Å². The number of nitrogens with zero attached hydrogens (tertiary/aromatic N) is 3. The van der Waals surface area contributed by atoms with Crippen molar-refractivity contribution in [3.05, 3.63) is 36.4 Å². The van der Waals surface area contributed by atoms with Crippen LogP contribution in [0.25, 0.3) is 0 Å². The van der Waals surface area contributed by atoms with Gasteiger partial charge in [-0.25, -0.2) is 4.79 Å². The average Bonchev–Trinajstić information content (AvgIpc) is 2.62. The Morgan fingerprint density at radius 3 is 1.86 bits per heavy atom. The Hall–Kier alpha value is -1.87. The fourth-order valence-corrected chi connectivity index (χ4v) is 3.92. The van der Waals surface area contributed by atoms with Gasteiger partial charge in [0.05, 0.1) is 11.4 Å². The van der Waals surface area contributed by atoms with Crippen molar-refractivity contribution in [1.82, 2.24) is 5.32 Å². The zero-order chi connectivity index (χ0) is 19.7. The summed E-state index contributed by atoms with van der Waals surface area (Å²) in [5.74, 6) is -1.08. The number of aliphatic carboxylic acids is 1. The van der Waals surface area contributed by atoms with Crippen LogP contribution in [0, 0.1) is 0 Å². The molecule has 0 bridgehead atoms. The number of hydrogen-bond acceptors (Lipinski definition) is 5. The van der Waals surface area contributed by atoms with Gasteiger partial charge in [-0.2, -0.15) is 0 Å². The molecule has 2 aromatic rings. The van der Waals surface area contributed by atoms with E-state index in [1.165, 1.54) is 0 Å². The molecule has 0 radical (unpaired) electrons. The monoisotopic (exact) mass is 410 g/mol. The number of hydrogen-bond donors (Lipinski definition) is 2. The summed E-state index contributed by atoms with van der Waals surface area (Å²) in [6.07, 6.45) is 0. The van der Waals surface area contributed by atoms with Crippen LogP contribution in [0.5, 0.6) is 0 Å². The maximum absolute atomic E-state index is 12.8. The molecule has 7 nitrogen and oxygen atoms in total. The van der Waals surface area contributed by atoms with Crippen LogP contribution in [0.3, 0.4) is 0 Å². The van der Waals surface area contributed by atoms with Crippen molar-refractivity contribution in [2.45, 2.75) is 9.79 Å². The van der Waals surface area contributed by atoms with E-state index in [0.717, 1.165) is 32.5 Å². The quantitative estimate of drug-likeness (QED) is 0.708. The molecule has 2 aromatic carbocycles. The van der Waals surface area contributed by atoms with E-state index in [-0.39, 0.29) is 31.0 Å². The predicted molar refractivity (Wildman–Crippen MR) is 110 cm³/mol. The van der Waals surface area contributed by atoms with Crippen LogP contribution in [-0.4, -0.2) is 51.8 Å². The molecule has 2 N–H and O–H groups in total. The number of anilines is 4. The molecule has 0 aromatic heterocycles. The van der Waals surface area contributed by atoms with Crippen molar-refractivity contribution in [3.63, 3.8) is 0 Å². The summed E-state index contributed by atoms with van der Waals surface area (Å²) in [5, 5.41) is 11.4. The Kier molecular flexibility index (Phi) is 7.28. The van der Waals surface area contributed by atoms with E-state index in [1.807, 2.05) is 74.4 Å². The largest absolute Gasteiger partial charge is 1.00 e. The maximum atomic E-state index is 12.8. The molecule has 1 aliphatic heterocycles. The standard InChI is InChI=1S/C19H22N4O3S.Na.H/c1-21(2)12-5-7-14-16(9-12)27-17-10-13(22(3)4)6-8-15(17)23(14)19(26)20-11-18(24)25;;/h5-10H,11H2,1-4H3,(H,20,26)(H,24,25);;/q;+1;-1. The Morgan fingerprint density at radius 2 is 1.46 bits per heavy atom. The van der Waals surface area contributed by atoms with Crippen LogP contribution in [0.15, 0.2) is 46.2 Å².